The molecule has 1 aliphatic carbocycles. The number of hydrogen-bond donors (Lipinski definition) is 0. The molecule has 1 aromatic rings. The van der Waals surface area contributed by atoms with Crippen LogP contribution in [-0.2, 0) is 0 Å². The smallest absolute Gasteiger partial charge is 0.254 e. The minimum atomic E-state index is 0.153. The molecule has 3 nitrogen and oxygen atoms in total. The fraction of sp³-hybridized carbons (Fsp3) is 0.625. The monoisotopic (exact) mass is 338 g/mol. The maximum Gasteiger partial charge on any atom is 0.254 e. The number of halogens is 1. The van der Waals surface area contributed by atoms with Crippen LogP contribution in [0.15, 0.2) is 22.9 Å². The van der Waals surface area contributed by atoms with Crippen LogP contribution in [0.25, 0.3) is 0 Å². The van der Waals surface area contributed by atoms with E-state index in [0.29, 0.717) is 12.0 Å². The van der Waals surface area contributed by atoms with Crippen LogP contribution in [-0.4, -0.2) is 28.4 Å². The highest BCUT2D eigenvalue weighted by Crippen LogP contribution is 2.26. The van der Waals surface area contributed by atoms with Crippen LogP contribution in [0.5, 0.6) is 0 Å². The minimum absolute atomic E-state index is 0.153. The molecule has 0 spiro atoms. The van der Waals surface area contributed by atoms with Crippen LogP contribution in [0.3, 0.4) is 0 Å². The molecule has 1 aliphatic rings. The highest BCUT2D eigenvalue weighted by Gasteiger charge is 2.27. The number of amides is 1. The topological polar surface area (TPSA) is 33.2 Å². The van der Waals surface area contributed by atoms with E-state index in [2.05, 4.69) is 39.7 Å². The Morgan fingerprint density at radius 1 is 1.45 bits per heavy atom. The molecule has 1 aromatic heterocycles. The van der Waals surface area contributed by atoms with E-state index in [1.54, 1.807) is 6.20 Å². The molecule has 0 bridgehead atoms. The maximum absolute atomic E-state index is 12.8. The van der Waals surface area contributed by atoms with Gasteiger partial charge in [-0.2, -0.15) is 0 Å². The second kappa shape index (κ2) is 7.21. The summed E-state index contributed by atoms with van der Waals surface area (Å²) < 4.78 is 0.721. The third-order valence-corrected chi connectivity index (χ3v) is 4.38. The van der Waals surface area contributed by atoms with Crippen LogP contribution in [0.4, 0.5) is 0 Å². The van der Waals surface area contributed by atoms with Crippen molar-refractivity contribution >= 4 is 21.8 Å². The first kappa shape index (κ1) is 15.5. The molecule has 110 valence electrons. The molecule has 2 rings (SSSR count). The zero-order chi connectivity index (χ0) is 14.5. The summed E-state index contributed by atoms with van der Waals surface area (Å²) in [5, 5.41) is 0. The Kier molecular flexibility index (Phi) is 5.58. The fourth-order valence-corrected chi connectivity index (χ4v) is 3.13. The van der Waals surface area contributed by atoms with Crippen molar-refractivity contribution in [3.8, 4) is 0 Å². The van der Waals surface area contributed by atoms with Crippen molar-refractivity contribution in [2.24, 2.45) is 5.92 Å². The van der Waals surface area contributed by atoms with Crippen molar-refractivity contribution in [3.63, 3.8) is 0 Å². The lowest BCUT2D eigenvalue weighted by molar-refractivity contribution is 0.0671. The van der Waals surface area contributed by atoms with Gasteiger partial charge in [0.05, 0.1) is 0 Å². The Hall–Kier alpha value is -0.900. The van der Waals surface area contributed by atoms with Crippen LogP contribution in [0, 0.1) is 5.92 Å². The van der Waals surface area contributed by atoms with Crippen LogP contribution < -0.4 is 0 Å². The summed E-state index contributed by atoms with van der Waals surface area (Å²) in [6, 6.07) is 4.05. The summed E-state index contributed by atoms with van der Waals surface area (Å²) in [6.07, 6.45) is 7.54. The van der Waals surface area contributed by atoms with E-state index in [0.717, 1.165) is 36.0 Å². The van der Waals surface area contributed by atoms with Crippen molar-refractivity contribution in [1.82, 2.24) is 9.88 Å². The standard InChI is InChI=1S/C16H23BrN2O/c1-12(2)8-10-19(14-5-3-4-6-14)16(20)13-7-9-18-15(17)11-13/h7,9,11-12,14H,3-6,8,10H2,1-2H3. The van der Waals surface area contributed by atoms with Crippen molar-refractivity contribution in [2.75, 3.05) is 6.54 Å². The number of carbonyl (C=O) groups is 1. The normalized spacial score (nSPS) is 15.8. The van der Waals surface area contributed by atoms with Gasteiger partial charge < -0.3 is 4.90 Å². The molecule has 4 heteroatoms. The molecule has 0 aromatic carbocycles. The van der Waals surface area contributed by atoms with Crippen LogP contribution >= 0.6 is 15.9 Å². The van der Waals surface area contributed by atoms with Crippen molar-refractivity contribution in [2.45, 2.75) is 52.0 Å². The Morgan fingerprint density at radius 3 is 2.75 bits per heavy atom. The van der Waals surface area contributed by atoms with E-state index in [-0.39, 0.29) is 5.91 Å². The summed E-state index contributed by atoms with van der Waals surface area (Å²) in [7, 11) is 0. The summed E-state index contributed by atoms with van der Waals surface area (Å²) in [6.45, 7) is 5.28. The quantitative estimate of drug-likeness (QED) is 0.751. The van der Waals surface area contributed by atoms with E-state index < -0.39 is 0 Å². The van der Waals surface area contributed by atoms with Gasteiger partial charge in [0.15, 0.2) is 0 Å². The van der Waals surface area contributed by atoms with Gasteiger partial charge in [0.25, 0.3) is 5.91 Å². The number of nitrogens with zero attached hydrogens (tertiary/aromatic N) is 2. The Bertz CT molecular complexity index is 456. The summed E-state index contributed by atoms with van der Waals surface area (Å²) in [5.74, 6) is 0.775. The van der Waals surface area contributed by atoms with Gasteiger partial charge in [-0.1, -0.05) is 26.7 Å². The Labute approximate surface area is 129 Å². The molecular weight excluding hydrogens is 316 g/mol. The van der Waals surface area contributed by atoms with Crippen LogP contribution in [0.2, 0.25) is 0 Å². The largest absolute Gasteiger partial charge is 0.336 e. The van der Waals surface area contributed by atoms with E-state index >= 15 is 0 Å². The second-order valence-corrected chi connectivity index (χ2v) is 6.80. The Balaban J connectivity index is 2.14. The highest BCUT2D eigenvalue weighted by atomic mass is 79.9. The first-order chi connectivity index (χ1) is 9.58. The lowest BCUT2D eigenvalue weighted by Gasteiger charge is -2.30. The number of aromatic nitrogens is 1. The molecular formula is C16H23BrN2O. The number of carbonyl (C=O) groups excluding carboxylic acids is 1. The van der Waals surface area contributed by atoms with Crippen molar-refractivity contribution in [3.05, 3.63) is 28.5 Å². The average molecular weight is 339 g/mol. The predicted molar refractivity (Wildman–Crippen MR) is 84.7 cm³/mol. The molecule has 20 heavy (non-hydrogen) atoms. The number of rotatable bonds is 5. The van der Waals surface area contributed by atoms with Gasteiger partial charge in [-0.25, -0.2) is 4.98 Å². The van der Waals surface area contributed by atoms with E-state index in [1.807, 2.05) is 12.1 Å². The first-order valence-electron chi connectivity index (χ1n) is 7.50. The predicted octanol–water partition coefficient (Wildman–Crippen LogP) is 4.28. The fourth-order valence-electron chi connectivity index (χ4n) is 2.76. The van der Waals surface area contributed by atoms with Gasteiger partial charge in [-0.15, -0.1) is 0 Å². The van der Waals surface area contributed by atoms with Gasteiger partial charge in [0, 0.05) is 24.3 Å². The molecule has 0 N–H and O–H groups in total. The van der Waals surface area contributed by atoms with E-state index in [4.69, 9.17) is 0 Å². The lowest BCUT2D eigenvalue weighted by atomic mass is 10.1. The number of pyridine rings is 1. The summed E-state index contributed by atoms with van der Waals surface area (Å²) in [5.41, 5.74) is 0.738. The third-order valence-electron chi connectivity index (χ3n) is 3.95. The van der Waals surface area contributed by atoms with Gasteiger partial charge >= 0.3 is 0 Å². The number of hydrogen-bond acceptors (Lipinski definition) is 2. The molecule has 1 saturated carbocycles. The third kappa shape index (κ3) is 4.05. The van der Waals surface area contributed by atoms with Gasteiger partial charge in [0.1, 0.15) is 4.60 Å². The summed E-state index contributed by atoms with van der Waals surface area (Å²) in [4.78, 5) is 19.0. The molecule has 0 radical (unpaired) electrons. The average Bonchev–Trinajstić information content (AvgIpc) is 2.92. The lowest BCUT2D eigenvalue weighted by Crippen LogP contribution is -2.40. The van der Waals surface area contributed by atoms with Crippen molar-refractivity contribution < 1.29 is 4.79 Å². The Morgan fingerprint density at radius 2 is 2.15 bits per heavy atom. The SMILES string of the molecule is CC(C)CCN(C(=O)c1ccnc(Br)c1)C1CCCC1. The molecule has 1 fully saturated rings. The maximum atomic E-state index is 12.8. The van der Waals surface area contributed by atoms with Gasteiger partial charge in [-0.05, 0) is 53.2 Å². The zero-order valence-electron chi connectivity index (χ0n) is 12.3. The molecule has 0 aliphatic heterocycles. The minimum Gasteiger partial charge on any atom is -0.336 e. The molecule has 0 saturated heterocycles. The first-order valence-corrected chi connectivity index (χ1v) is 8.29. The zero-order valence-corrected chi connectivity index (χ0v) is 13.9. The van der Waals surface area contributed by atoms with Crippen molar-refractivity contribution in [1.29, 1.82) is 0 Å². The molecule has 0 atom stereocenters. The molecule has 1 heterocycles. The summed E-state index contributed by atoms with van der Waals surface area (Å²) >= 11 is 3.34. The van der Waals surface area contributed by atoms with Gasteiger partial charge in [0.2, 0.25) is 0 Å². The van der Waals surface area contributed by atoms with Crippen LogP contribution in [0.1, 0.15) is 56.3 Å². The second-order valence-electron chi connectivity index (χ2n) is 5.99. The van der Waals surface area contributed by atoms with Gasteiger partial charge in [-0.3, -0.25) is 4.79 Å². The highest BCUT2D eigenvalue weighted by molar-refractivity contribution is 9.10. The van der Waals surface area contributed by atoms with E-state index in [1.165, 1.54) is 12.8 Å². The van der Waals surface area contributed by atoms with E-state index in [9.17, 15) is 4.79 Å². The molecule has 0 unspecified atom stereocenters. The molecule has 1 amide bonds.